The van der Waals surface area contributed by atoms with Gasteiger partial charge >= 0.3 is 12.1 Å². The molecule has 3 aromatic rings. The molecule has 14 heteroatoms. The van der Waals surface area contributed by atoms with E-state index in [1.807, 2.05) is 0 Å². The number of halogens is 3. The van der Waals surface area contributed by atoms with Crippen molar-refractivity contribution in [3.63, 3.8) is 0 Å². The van der Waals surface area contributed by atoms with Gasteiger partial charge in [0.2, 0.25) is 5.95 Å². The van der Waals surface area contributed by atoms with Crippen molar-refractivity contribution in [2.75, 3.05) is 10.5 Å². The first-order valence-corrected chi connectivity index (χ1v) is 11.8. The van der Waals surface area contributed by atoms with Crippen LogP contribution in [0, 0.1) is 0 Å². The molecule has 1 aromatic heterocycles. The zero-order chi connectivity index (χ0) is 26.5. The normalized spacial score (nSPS) is 13.2. The summed E-state index contributed by atoms with van der Waals surface area (Å²) in [5, 5.41) is 10.0. The van der Waals surface area contributed by atoms with E-state index in [9.17, 15) is 26.4 Å². The van der Waals surface area contributed by atoms with Gasteiger partial charge in [-0.2, -0.15) is 13.2 Å². The molecule has 0 aliphatic heterocycles. The Hall–Kier alpha value is -4.20. The second-order valence-electron chi connectivity index (χ2n) is 7.56. The minimum Gasteiger partial charge on any atom is -0.475 e. The number of aromatic nitrogens is 2. The summed E-state index contributed by atoms with van der Waals surface area (Å²) in [7, 11) is -3.81. The summed E-state index contributed by atoms with van der Waals surface area (Å²) in [6.07, 6.45) is -1.58. The second-order valence-corrected chi connectivity index (χ2v) is 9.24. The average Bonchev–Trinajstić information content (AvgIpc) is 3.63. The lowest BCUT2D eigenvalue weighted by atomic mass is 10.1. The first-order valence-electron chi connectivity index (χ1n) is 10.3. The number of carbonyl (C=O) groups excluding carboxylic acids is 1. The van der Waals surface area contributed by atoms with Gasteiger partial charge in [0.15, 0.2) is 0 Å². The molecule has 0 saturated heterocycles. The lowest BCUT2D eigenvalue weighted by molar-refractivity contribution is -0.192. The van der Waals surface area contributed by atoms with Crippen LogP contribution in [0.25, 0.3) is 11.3 Å². The zero-order valence-electron chi connectivity index (χ0n) is 18.4. The lowest BCUT2D eigenvalue weighted by Gasteiger charge is -2.10. The number of benzene rings is 2. The summed E-state index contributed by atoms with van der Waals surface area (Å²) in [5.41, 5.74) is 7.64. The highest BCUT2D eigenvalue weighted by molar-refractivity contribution is 7.92. The van der Waals surface area contributed by atoms with Crippen molar-refractivity contribution >= 4 is 33.5 Å². The van der Waals surface area contributed by atoms with Gasteiger partial charge < -0.3 is 16.2 Å². The number of sulfonamides is 1. The predicted molar refractivity (Wildman–Crippen MR) is 123 cm³/mol. The van der Waals surface area contributed by atoms with Gasteiger partial charge in [0.05, 0.1) is 10.6 Å². The molecule has 1 aliphatic rings. The maximum atomic E-state index is 12.7. The Morgan fingerprint density at radius 2 is 1.69 bits per heavy atom. The highest BCUT2D eigenvalue weighted by Crippen LogP contribution is 2.23. The van der Waals surface area contributed by atoms with Gasteiger partial charge in [0.25, 0.3) is 15.9 Å². The Labute approximate surface area is 203 Å². The molecule has 0 bridgehead atoms. The third-order valence-electron chi connectivity index (χ3n) is 4.67. The maximum Gasteiger partial charge on any atom is 0.490 e. The lowest BCUT2D eigenvalue weighted by Crippen LogP contribution is -2.25. The number of nitrogens with two attached hydrogens (primary N) is 1. The highest BCUT2D eigenvalue weighted by Gasteiger charge is 2.38. The zero-order valence-corrected chi connectivity index (χ0v) is 19.2. The van der Waals surface area contributed by atoms with Crippen LogP contribution in [-0.2, 0) is 14.8 Å². The van der Waals surface area contributed by atoms with Gasteiger partial charge in [-0.25, -0.2) is 23.2 Å². The molecule has 1 amide bonds. The van der Waals surface area contributed by atoms with E-state index in [1.165, 1.54) is 24.4 Å². The smallest absolute Gasteiger partial charge is 0.475 e. The number of anilines is 2. The fourth-order valence-electron chi connectivity index (χ4n) is 2.77. The van der Waals surface area contributed by atoms with Gasteiger partial charge in [0.1, 0.15) is 0 Å². The predicted octanol–water partition coefficient (Wildman–Crippen LogP) is 3.05. The number of nitrogens with one attached hydrogen (secondary N) is 2. The molecule has 0 radical (unpaired) electrons. The molecule has 0 unspecified atom stereocenters. The van der Waals surface area contributed by atoms with Crippen LogP contribution >= 0.6 is 0 Å². The van der Waals surface area contributed by atoms with Crippen molar-refractivity contribution in [2.45, 2.75) is 30.0 Å². The Bertz CT molecular complexity index is 1360. The minimum atomic E-state index is -5.08. The topological polar surface area (TPSA) is 164 Å². The summed E-state index contributed by atoms with van der Waals surface area (Å²) in [6.45, 7) is 0. The van der Waals surface area contributed by atoms with Crippen LogP contribution in [0.3, 0.4) is 0 Å². The quantitative estimate of drug-likeness (QED) is 0.383. The number of amides is 1. The number of rotatable bonds is 6. The van der Waals surface area contributed by atoms with E-state index in [2.05, 4.69) is 20.0 Å². The molecule has 5 N–H and O–H groups in total. The van der Waals surface area contributed by atoms with E-state index in [4.69, 9.17) is 15.6 Å². The molecule has 1 heterocycles. The molecular weight excluding hydrogens is 503 g/mol. The number of alkyl halides is 3. The number of nitrogens with zero attached hydrogens (tertiary/aromatic N) is 2. The van der Waals surface area contributed by atoms with Crippen LogP contribution in [0.15, 0.2) is 65.7 Å². The number of nitrogen functional groups attached to an aromatic ring is 1. The molecule has 1 aliphatic carbocycles. The number of carboxylic acid groups (broad SMARTS) is 1. The van der Waals surface area contributed by atoms with Crippen molar-refractivity contribution in [1.82, 2.24) is 15.3 Å². The number of carboxylic acids is 1. The largest absolute Gasteiger partial charge is 0.490 e. The summed E-state index contributed by atoms with van der Waals surface area (Å²) < 4.78 is 59.7. The second kappa shape index (κ2) is 10.6. The maximum absolute atomic E-state index is 12.7. The van der Waals surface area contributed by atoms with Crippen molar-refractivity contribution in [1.29, 1.82) is 0 Å². The van der Waals surface area contributed by atoms with Crippen LogP contribution in [0.1, 0.15) is 23.2 Å². The van der Waals surface area contributed by atoms with Gasteiger partial charge in [-0.3, -0.25) is 9.52 Å². The molecule has 1 fully saturated rings. The number of aliphatic carboxylic acids is 1. The summed E-state index contributed by atoms with van der Waals surface area (Å²) in [4.78, 5) is 29.1. The number of carbonyl (C=O) groups is 2. The van der Waals surface area contributed by atoms with E-state index in [0.717, 1.165) is 18.4 Å². The molecular formula is C22H20F3N5O5S. The fourth-order valence-corrected chi connectivity index (χ4v) is 3.82. The minimum absolute atomic E-state index is 0.0936. The number of hydrogen-bond donors (Lipinski definition) is 4. The van der Waals surface area contributed by atoms with Crippen LogP contribution in [0.5, 0.6) is 0 Å². The first kappa shape index (κ1) is 26.4. The van der Waals surface area contributed by atoms with Crippen molar-refractivity contribution in [3.05, 3.63) is 66.4 Å². The summed E-state index contributed by atoms with van der Waals surface area (Å²) >= 11 is 0. The van der Waals surface area contributed by atoms with Crippen molar-refractivity contribution < 1.29 is 36.3 Å². The average molecular weight is 523 g/mol. The van der Waals surface area contributed by atoms with Gasteiger partial charge in [-0.1, -0.05) is 18.2 Å². The Kier molecular flexibility index (Phi) is 7.77. The van der Waals surface area contributed by atoms with Crippen LogP contribution in [-0.4, -0.2) is 47.6 Å². The standard InChI is InChI=1S/C20H19N5O3S.C2HF3O2/c21-20-22-11-10-18(24-20)13-4-8-17(9-5-13)29(27,28)25-16-3-1-2-14(12-16)19(26)23-15-6-7-15;3-2(4,5)1(6)7/h1-5,8-12,15,25H,6-7H2,(H,23,26)(H2,21,22,24);(H,6,7). The molecule has 4 rings (SSSR count). The third-order valence-corrected chi connectivity index (χ3v) is 6.06. The molecule has 1 saturated carbocycles. The third kappa shape index (κ3) is 7.40. The molecule has 0 spiro atoms. The van der Waals surface area contributed by atoms with E-state index < -0.39 is 22.2 Å². The van der Waals surface area contributed by atoms with E-state index in [1.54, 1.807) is 36.4 Å². The van der Waals surface area contributed by atoms with Crippen LogP contribution < -0.4 is 15.8 Å². The van der Waals surface area contributed by atoms with Gasteiger partial charge in [-0.05, 0) is 49.2 Å². The van der Waals surface area contributed by atoms with Crippen LogP contribution in [0.4, 0.5) is 24.8 Å². The van der Waals surface area contributed by atoms with Crippen molar-refractivity contribution in [2.24, 2.45) is 0 Å². The van der Waals surface area contributed by atoms with E-state index in [-0.39, 0.29) is 22.8 Å². The molecule has 10 nitrogen and oxygen atoms in total. The first-order chi connectivity index (χ1) is 16.8. The van der Waals surface area contributed by atoms with Crippen molar-refractivity contribution in [3.8, 4) is 11.3 Å². The van der Waals surface area contributed by atoms with E-state index in [0.29, 0.717) is 16.9 Å². The fraction of sp³-hybridized carbons (Fsp3) is 0.182. The van der Waals surface area contributed by atoms with Crippen LogP contribution in [0.2, 0.25) is 0 Å². The molecule has 2 aromatic carbocycles. The summed E-state index contributed by atoms with van der Waals surface area (Å²) in [5.74, 6) is -2.82. The summed E-state index contributed by atoms with van der Waals surface area (Å²) in [6, 6.07) is 14.6. The Morgan fingerprint density at radius 3 is 2.25 bits per heavy atom. The SMILES string of the molecule is Nc1nccc(-c2ccc(S(=O)(=O)Nc3cccc(C(=O)NC4CC4)c3)cc2)n1.O=C(O)C(F)(F)F. The molecule has 190 valence electrons. The molecule has 36 heavy (non-hydrogen) atoms. The highest BCUT2D eigenvalue weighted by atomic mass is 32.2. The number of hydrogen-bond acceptors (Lipinski definition) is 7. The van der Waals surface area contributed by atoms with Gasteiger partial charge in [-0.15, -0.1) is 0 Å². The van der Waals surface area contributed by atoms with Gasteiger partial charge in [0, 0.05) is 29.1 Å². The Morgan fingerprint density at radius 1 is 1.06 bits per heavy atom. The molecule has 0 atom stereocenters. The van der Waals surface area contributed by atoms with E-state index >= 15 is 0 Å². The monoisotopic (exact) mass is 523 g/mol. The Balaban J connectivity index is 0.000000454.